The van der Waals surface area contributed by atoms with E-state index >= 15 is 0 Å². The minimum Gasteiger partial charge on any atom is -0.458 e. The highest BCUT2D eigenvalue weighted by Gasteiger charge is 2.11. The van der Waals surface area contributed by atoms with Gasteiger partial charge in [-0.25, -0.2) is 4.98 Å². The highest BCUT2D eigenvalue weighted by Crippen LogP contribution is 2.15. The molecule has 28 heavy (non-hydrogen) atoms. The summed E-state index contributed by atoms with van der Waals surface area (Å²) in [6.07, 6.45) is 1.63. The van der Waals surface area contributed by atoms with Crippen molar-refractivity contribution < 1.29 is 14.3 Å². The molecular weight excluding hydrogens is 378 g/mol. The third kappa shape index (κ3) is 3.77. The Kier molecular flexibility index (Phi) is 4.86. The molecule has 0 bridgehead atoms. The van der Waals surface area contributed by atoms with E-state index < -0.39 is 5.97 Å². The summed E-state index contributed by atoms with van der Waals surface area (Å²) in [4.78, 5) is 40.9. The van der Waals surface area contributed by atoms with E-state index in [0.29, 0.717) is 16.2 Å². The van der Waals surface area contributed by atoms with Crippen molar-refractivity contribution in [1.29, 1.82) is 0 Å². The van der Waals surface area contributed by atoms with Crippen LogP contribution in [0.25, 0.3) is 15.7 Å². The first-order chi connectivity index (χ1) is 13.6. The van der Waals surface area contributed by atoms with Gasteiger partial charge in [-0.2, -0.15) is 0 Å². The molecule has 0 aliphatic carbocycles. The quantitative estimate of drug-likeness (QED) is 0.526. The SMILES string of the molecule is O=C(CNC(=O)c1ccc2ccccc2c1)OCc1cc(=O)n2ccsc2n1. The van der Waals surface area contributed by atoms with E-state index in [2.05, 4.69) is 10.3 Å². The third-order valence-corrected chi connectivity index (χ3v) is 4.90. The average molecular weight is 393 g/mol. The fourth-order valence-corrected chi connectivity index (χ4v) is 3.49. The minimum absolute atomic E-state index is 0.131. The maximum atomic E-state index is 12.3. The number of hydrogen-bond acceptors (Lipinski definition) is 6. The van der Waals surface area contributed by atoms with Crippen molar-refractivity contribution in [2.24, 2.45) is 0 Å². The number of aromatic nitrogens is 2. The fraction of sp³-hybridized carbons (Fsp3) is 0.100. The van der Waals surface area contributed by atoms with Crippen LogP contribution < -0.4 is 10.9 Å². The molecule has 140 valence electrons. The smallest absolute Gasteiger partial charge is 0.325 e. The molecule has 0 saturated carbocycles. The molecule has 1 N–H and O–H groups in total. The number of fused-ring (bicyclic) bond motifs is 2. The predicted octanol–water partition coefficient (Wildman–Crippen LogP) is 2.38. The van der Waals surface area contributed by atoms with Crippen LogP contribution in [0.3, 0.4) is 0 Å². The Bertz CT molecular complexity index is 1240. The maximum absolute atomic E-state index is 12.3. The number of hydrogen-bond donors (Lipinski definition) is 1. The normalized spacial score (nSPS) is 10.9. The van der Waals surface area contributed by atoms with E-state index in [9.17, 15) is 14.4 Å². The number of carbonyl (C=O) groups excluding carboxylic acids is 2. The molecule has 4 aromatic rings. The zero-order valence-corrected chi connectivity index (χ0v) is 15.4. The van der Waals surface area contributed by atoms with Crippen LogP contribution in [0, 0.1) is 0 Å². The Morgan fingerprint density at radius 2 is 1.93 bits per heavy atom. The number of carbonyl (C=O) groups is 2. The molecule has 0 radical (unpaired) electrons. The second kappa shape index (κ2) is 7.61. The van der Waals surface area contributed by atoms with Crippen molar-refractivity contribution in [3.05, 3.63) is 81.7 Å². The first kappa shape index (κ1) is 17.9. The van der Waals surface area contributed by atoms with Gasteiger partial charge >= 0.3 is 5.97 Å². The molecule has 0 spiro atoms. The van der Waals surface area contributed by atoms with Gasteiger partial charge in [-0.1, -0.05) is 30.3 Å². The summed E-state index contributed by atoms with van der Waals surface area (Å²) in [6.45, 7) is -0.403. The Labute approximate surface area is 163 Å². The summed E-state index contributed by atoms with van der Waals surface area (Å²) in [6, 6.07) is 14.4. The van der Waals surface area contributed by atoms with E-state index in [1.165, 1.54) is 21.8 Å². The molecule has 0 aliphatic rings. The lowest BCUT2D eigenvalue weighted by Gasteiger charge is -2.07. The number of ether oxygens (including phenoxy) is 1. The monoisotopic (exact) mass is 393 g/mol. The average Bonchev–Trinajstić information content (AvgIpc) is 3.19. The van der Waals surface area contributed by atoms with Crippen LogP contribution in [-0.2, 0) is 16.1 Å². The largest absolute Gasteiger partial charge is 0.458 e. The van der Waals surface area contributed by atoms with Gasteiger partial charge in [0.15, 0.2) is 4.96 Å². The molecule has 2 aromatic heterocycles. The molecule has 1 amide bonds. The Balaban J connectivity index is 1.34. The standard InChI is InChI=1S/C20H15N3O4S/c24-17-10-16(22-20-23(17)7-8-28-20)12-27-18(25)11-21-19(26)15-6-5-13-3-1-2-4-14(13)9-15/h1-10H,11-12H2,(H,21,26). The van der Waals surface area contributed by atoms with Gasteiger partial charge in [-0.3, -0.25) is 18.8 Å². The Morgan fingerprint density at radius 1 is 1.11 bits per heavy atom. The van der Waals surface area contributed by atoms with E-state index in [4.69, 9.17) is 4.74 Å². The van der Waals surface area contributed by atoms with Gasteiger partial charge in [0.05, 0.1) is 5.69 Å². The van der Waals surface area contributed by atoms with Crippen LogP contribution in [0.4, 0.5) is 0 Å². The van der Waals surface area contributed by atoms with Crippen molar-refractivity contribution in [2.45, 2.75) is 6.61 Å². The predicted molar refractivity (Wildman–Crippen MR) is 105 cm³/mol. The van der Waals surface area contributed by atoms with Gasteiger partial charge in [0.25, 0.3) is 11.5 Å². The van der Waals surface area contributed by atoms with Gasteiger partial charge in [-0.15, -0.1) is 11.3 Å². The summed E-state index contributed by atoms with van der Waals surface area (Å²) < 4.78 is 6.52. The van der Waals surface area contributed by atoms with Crippen LogP contribution in [-0.4, -0.2) is 27.8 Å². The maximum Gasteiger partial charge on any atom is 0.325 e. The molecule has 0 fully saturated rings. The number of amides is 1. The summed E-state index contributed by atoms with van der Waals surface area (Å²) >= 11 is 1.32. The molecule has 2 aromatic carbocycles. The molecule has 0 saturated heterocycles. The number of nitrogens with one attached hydrogen (secondary N) is 1. The second-order valence-corrected chi connectivity index (χ2v) is 6.92. The molecule has 0 aliphatic heterocycles. The number of esters is 1. The summed E-state index contributed by atoms with van der Waals surface area (Å²) in [5, 5.41) is 6.27. The number of thiazole rings is 1. The summed E-state index contributed by atoms with van der Waals surface area (Å²) in [7, 11) is 0. The van der Waals surface area contributed by atoms with Gasteiger partial charge < -0.3 is 10.1 Å². The molecule has 0 unspecified atom stereocenters. The van der Waals surface area contributed by atoms with Crippen LogP contribution >= 0.6 is 11.3 Å². The highest BCUT2D eigenvalue weighted by molar-refractivity contribution is 7.15. The lowest BCUT2D eigenvalue weighted by atomic mass is 10.1. The fourth-order valence-electron chi connectivity index (χ4n) is 2.75. The van der Waals surface area contributed by atoms with Crippen LogP contribution in [0.2, 0.25) is 0 Å². The molecule has 8 heteroatoms. The first-order valence-electron chi connectivity index (χ1n) is 8.48. The lowest BCUT2D eigenvalue weighted by Crippen LogP contribution is -2.30. The Morgan fingerprint density at radius 3 is 2.79 bits per heavy atom. The van der Waals surface area contributed by atoms with Crippen LogP contribution in [0.1, 0.15) is 16.1 Å². The number of nitrogens with zero attached hydrogens (tertiary/aromatic N) is 2. The Hall–Kier alpha value is -3.52. The van der Waals surface area contributed by atoms with Crippen molar-refractivity contribution in [3.8, 4) is 0 Å². The topological polar surface area (TPSA) is 89.8 Å². The van der Waals surface area contributed by atoms with Crippen molar-refractivity contribution in [2.75, 3.05) is 6.54 Å². The van der Waals surface area contributed by atoms with E-state index in [1.54, 1.807) is 23.7 Å². The van der Waals surface area contributed by atoms with Gasteiger partial charge in [-0.05, 0) is 22.9 Å². The minimum atomic E-state index is -0.609. The molecular formula is C20H15N3O4S. The molecule has 2 heterocycles. The van der Waals surface area contributed by atoms with E-state index in [1.807, 2.05) is 30.3 Å². The van der Waals surface area contributed by atoms with Crippen molar-refractivity contribution in [1.82, 2.24) is 14.7 Å². The van der Waals surface area contributed by atoms with E-state index in [0.717, 1.165) is 10.8 Å². The van der Waals surface area contributed by atoms with Crippen LogP contribution in [0.15, 0.2) is 64.9 Å². The zero-order chi connectivity index (χ0) is 19.5. The summed E-state index contributed by atoms with van der Waals surface area (Å²) in [5.41, 5.74) is 0.591. The van der Waals surface area contributed by atoms with E-state index in [-0.39, 0.29) is 24.6 Å². The van der Waals surface area contributed by atoms with Crippen molar-refractivity contribution in [3.63, 3.8) is 0 Å². The molecule has 0 atom stereocenters. The molecule has 4 rings (SSSR count). The van der Waals surface area contributed by atoms with Gasteiger partial charge in [0, 0.05) is 23.2 Å². The zero-order valence-electron chi connectivity index (χ0n) is 14.6. The first-order valence-corrected chi connectivity index (χ1v) is 9.36. The van der Waals surface area contributed by atoms with Gasteiger partial charge in [0.2, 0.25) is 0 Å². The number of benzene rings is 2. The second-order valence-electron chi connectivity index (χ2n) is 6.05. The highest BCUT2D eigenvalue weighted by atomic mass is 32.1. The van der Waals surface area contributed by atoms with Crippen molar-refractivity contribution >= 4 is 38.9 Å². The molecule has 7 nitrogen and oxygen atoms in total. The van der Waals surface area contributed by atoms with Crippen LogP contribution in [0.5, 0.6) is 0 Å². The summed E-state index contributed by atoms with van der Waals surface area (Å²) in [5.74, 6) is -0.971. The number of rotatable bonds is 5. The van der Waals surface area contributed by atoms with Gasteiger partial charge in [0.1, 0.15) is 13.2 Å². The third-order valence-electron chi connectivity index (χ3n) is 4.14. The lowest BCUT2D eigenvalue weighted by molar-refractivity contribution is -0.143.